The topological polar surface area (TPSA) is 65.5 Å². The third-order valence-electron chi connectivity index (χ3n) is 4.76. The van der Waals surface area contributed by atoms with Gasteiger partial charge in [0.05, 0.1) is 37.5 Å². The lowest BCUT2D eigenvalue weighted by Gasteiger charge is -2.20. The molecule has 1 N–H and O–H groups in total. The molecule has 148 valence electrons. The molecule has 1 aromatic heterocycles. The number of hydrogen-bond acceptors (Lipinski definition) is 3. The van der Waals surface area contributed by atoms with Crippen molar-refractivity contribution in [3.05, 3.63) is 63.2 Å². The zero-order valence-electron chi connectivity index (χ0n) is 15.2. The molecule has 4 rings (SSSR count). The number of benzene rings is 2. The predicted molar refractivity (Wildman–Crippen MR) is 117 cm³/mol. The maximum atomic E-state index is 13.0. The smallest absolute Gasteiger partial charge is 0.324 e. The average Bonchev–Trinajstić information content (AvgIpc) is 3.02. The Hall–Kier alpha value is -2.54. The maximum absolute atomic E-state index is 13.0. The second-order valence-corrected chi connectivity index (χ2v) is 7.78. The lowest BCUT2D eigenvalue weighted by atomic mass is 10.1. The Kier molecular flexibility index (Phi) is 5.25. The van der Waals surface area contributed by atoms with Gasteiger partial charge in [0.2, 0.25) is 0 Å². The van der Waals surface area contributed by atoms with Gasteiger partial charge in [0, 0.05) is 31.7 Å². The fraction of sp³-hybridized carbons (Fsp3) is 0.150. The minimum Gasteiger partial charge on any atom is -0.326 e. The van der Waals surface area contributed by atoms with E-state index in [0.717, 1.165) is 0 Å². The molecule has 0 spiro atoms. The summed E-state index contributed by atoms with van der Waals surface area (Å²) < 4.78 is 0. The SMILES string of the molecule is CN1CCN(c2c(Cl)cnc3c(C(=O)Nc4c(Cl)cccc4Cl)cccc23)C1=O. The van der Waals surface area contributed by atoms with Crippen LogP contribution in [0.4, 0.5) is 16.2 Å². The van der Waals surface area contributed by atoms with Crippen molar-refractivity contribution in [1.29, 1.82) is 0 Å². The quantitative estimate of drug-likeness (QED) is 0.588. The summed E-state index contributed by atoms with van der Waals surface area (Å²) in [5.41, 5.74) is 1.60. The van der Waals surface area contributed by atoms with Crippen molar-refractivity contribution in [2.45, 2.75) is 0 Å². The molecule has 0 unspecified atom stereocenters. The van der Waals surface area contributed by atoms with Crippen LogP contribution in [0.3, 0.4) is 0 Å². The van der Waals surface area contributed by atoms with E-state index >= 15 is 0 Å². The van der Waals surface area contributed by atoms with Crippen LogP contribution in [0.2, 0.25) is 15.1 Å². The summed E-state index contributed by atoms with van der Waals surface area (Å²) in [5.74, 6) is -0.420. The monoisotopic (exact) mass is 448 g/mol. The molecular formula is C20H15Cl3N4O2. The maximum Gasteiger partial charge on any atom is 0.324 e. The largest absolute Gasteiger partial charge is 0.326 e. The van der Waals surface area contributed by atoms with Crippen molar-refractivity contribution < 1.29 is 9.59 Å². The third-order valence-corrected chi connectivity index (χ3v) is 5.66. The van der Waals surface area contributed by atoms with Crippen LogP contribution in [0.5, 0.6) is 0 Å². The molecule has 1 aliphatic rings. The molecule has 0 radical (unpaired) electrons. The zero-order valence-corrected chi connectivity index (χ0v) is 17.5. The van der Waals surface area contributed by atoms with Gasteiger partial charge in [-0.05, 0) is 18.2 Å². The second kappa shape index (κ2) is 7.71. The molecule has 1 aliphatic heterocycles. The molecule has 6 nitrogen and oxygen atoms in total. The molecule has 0 aliphatic carbocycles. The van der Waals surface area contributed by atoms with Crippen LogP contribution in [0.1, 0.15) is 10.4 Å². The van der Waals surface area contributed by atoms with Gasteiger partial charge in [-0.1, -0.05) is 53.0 Å². The summed E-state index contributed by atoms with van der Waals surface area (Å²) in [6, 6.07) is 9.96. The number of urea groups is 1. The van der Waals surface area contributed by atoms with Crippen LogP contribution in [0, 0.1) is 0 Å². The van der Waals surface area contributed by atoms with Crippen LogP contribution in [-0.2, 0) is 0 Å². The normalized spacial score (nSPS) is 14.0. The highest BCUT2D eigenvalue weighted by Crippen LogP contribution is 2.36. The number of anilines is 2. The average molecular weight is 450 g/mol. The van der Waals surface area contributed by atoms with Gasteiger partial charge in [0.1, 0.15) is 0 Å². The molecule has 29 heavy (non-hydrogen) atoms. The molecule has 3 amide bonds. The highest BCUT2D eigenvalue weighted by Gasteiger charge is 2.30. The Bertz CT molecular complexity index is 1130. The number of fused-ring (bicyclic) bond motifs is 1. The summed E-state index contributed by atoms with van der Waals surface area (Å²) in [6.07, 6.45) is 1.45. The first-order valence-electron chi connectivity index (χ1n) is 8.73. The summed E-state index contributed by atoms with van der Waals surface area (Å²) in [5, 5.41) is 4.35. The third kappa shape index (κ3) is 3.48. The van der Waals surface area contributed by atoms with E-state index in [1.807, 2.05) is 0 Å². The van der Waals surface area contributed by atoms with Gasteiger partial charge in [0.15, 0.2) is 0 Å². The number of para-hydroxylation sites is 2. The summed E-state index contributed by atoms with van der Waals surface area (Å²) in [6.45, 7) is 1.09. The molecule has 0 saturated carbocycles. The van der Waals surface area contributed by atoms with Gasteiger partial charge in [-0.15, -0.1) is 0 Å². The number of likely N-dealkylation sites (N-methyl/N-ethyl adjacent to an activating group) is 1. The number of pyridine rings is 1. The van der Waals surface area contributed by atoms with E-state index in [9.17, 15) is 9.59 Å². The Morgan fingerprint density at radius 3 is 2.38 bits per heavy atom. The fourth-order valence-corrected chi connectivity index (χ4v) is 4.04. The number of carbonyl (C=O) groups is 2. The molecule has 0 bridgehead atoms. The number of aromatic nitrogens is 1. The molecule has 0 atom stereocenters. The molecule has 3 aromatic rings. The van der Waals surface area contributed by atoms with E-state index in [-0.39, 0.29) is 6.03 Å². The van der Waals surface area contributed by atoms with Crippen molar-refractivity contribution >= 4 is 69.0 Å². The lowest BCUT2D eigenvalue weighted by Crippen LogP contribution is -2.29. The molecule has 9 heteroatoms. The number of nitrogens with one attached hydrogen (secondary N) is 1. The van der Waals surface area contributed by atoms with Crippen molar-refractivity contribution in [3.8, 4) is 0 Å². The van der Waals surface area contributed by atoms with Gasteiger partial charge in [0.25, 0.3) is 5.91 Å². The molecule has 1 fully saturated rings. The van der Waals surface area contributed by atoms with E-state index in [1.165, 1.54) is 6.20 Å². The Labute approximate surface area is 182 Å². The summed E-state index contributed by atoms with van der Waals surface area (Å²) in [4.78, 5) is 33.0. The first-order valence-corrected chi connectivity index (χ1v) is 9.87. The molecule has 2 aromatic carbocycles. The van der Waals surface area contributed by atoms with Crippen LogP contribution in [-0.4, -0.2) is 42.0 Å². The number of rotatable bonds is 3. The number of nitrogens with zero attached hydrogens (tertiary/aromatic N) is 3. The second-order valence-electron chi connectivity index (χ2n) is 6.56. The van der Waals surface area contributed by atoms with E-state index in [0.29, 0.717) is 56.0 Å². The number of hydrogen-bond donors (Lipinski definition) is 1. The molecular weight excluding hydrogens is 435 g/mol. The fourth-order valence-electron chi connectivity index (χ4n) is 3.30. The lowest BCUT2D eigenvalue weighted by molar-refractivity contribution is 0.102. The predicted octanol–water partition coefficient (Wildman–Crippen LogP) is 5.32. The molecule has 2 heterocycles. The van der Waals surface area contributed by atoms with Crippen LogP contribution < -0.4 is 10.2 Å². The van der Waals surface area contributed by atoms with Crippen molar-refractivity contribution in [3.63, 3.8) is 0 Å². The van der Waals surface area contributed by atoms with Gasteiger partial charge in [-0.3, -0.25) is 14.7 Å². The molecule has 1 saturated heterocycles. The van der Waals surface area contributed by atoms with Crippen molar-refractivity contribution in [2.24, 2.45) is 0 Å². The highest BCUT2D eigenvalue weighted by atomic mass is 35.5. The van der Waals surface area contributed by atoms with Gasteiger partial charge in [-0.25, -0.2) is 4.79 Å². The van der Waals surface area contributed by atoms with Gasteiger partial charge >= 0.3 is 6.03 Å². The van der Waals surface area contributed by atoms with E-state index in [2.05, 4.69) is 10.3 Å². The summed E-state index contributed by atoms with van der Waals surface area (Å²) in [7, 11) is 1.73. The standard InChI is InChI=1S/C20H15Cl3N4O2/c1-26-8-9-27(20(26)29)18-11-4-2-5-12(16(11)24-10-15(18)23)19(28)25-17-13(21)6-3-7-14(17)22/h2-7,10H,8-9H2,1H3,(H,25,28). The van der Waals surface area contributed by atoms with Gasteiger partial charge < -0.3 is 10.2 Å². The summed E-state index contributed by atoms with van der Waals surface area (Å²) >= 11 is 18.7. The highest BCUT2D eigenvalue weighted by molar-refractivity contribution is 6.40. The first kappa shape index (κ1) is 19.8. The zero-order chi connectivity index (χ0) is 20.7. The van der Waals surface area contributed by atoms with E-state index in [4.69, 9.17) is 34.8 Å². The van der Waals surface area contributed by atoms with E-state index < -0.39 is 5.91 Å². The Morgan fingerprint density at radius 1 is 1.03 bits per heavy atom. The minimum atomic E-state index is -0.420. The van der Waals surface area contributed by atoms with Crippen LogP contribution in [0.15, 0.2) is 42.6 Å². The van der Waals surface area contributed by atoms with Crippen LogP contribution in [0.25, 0.3) is 10.9 Å². The number of carbonyl (C=O) groups excluding carboxylic acids is 2. The van der Waals surface area contributed by atoms with Gasteiger partial charge in [-0.2, -0.15) is 0 Å². The minimum absolute atomic E-state index is 0.155. The first-order chi connectivity index (χ1) is 13.9. The Balaban J connectivity index is 1.80. The number of halogens is 3. The van der Waals surface area contributed by atoms with Crippen molar-refractivity contribution in [1.82, 2.24) is 9.88 Å². The van der Waals surface area contributed by atoms with Crippen molar-refractivity contribution in [2.75, 3.05) is 30.4 Å². The Morgan fingerprint density at radius 2 is 1.72 bits per heavy atom. The van der Waals surface area contributed by atoms with E-state index in [1.54, 1.807) is 53.2 Å². The number of amides is 3. The van der Waals surface area contributed by atoms with Crippen LogP contribution >= 0.6 is 34.8 Å².